The van der Waals surface area contributed by atoms with Crippen molar-refractivity contribution in [2.24, 2.45) is 5.92 Å². The van der Waals surface area contributed by atoms with Gasteiger partial charge in [-0.15, -0.1) is 0 Å². The van der Waals surface area contributed by atoms with Crippen molar-refractivity contribution in [3.63, 3.8) is 0 Å². The minimum absolute atomic E-state index is 0.0710. The van der Waals surface area contributed by atoms with E-state index in [1.807, 2.05) is 13.8 Å². The van der Waals surface area contributed by atoms with Crippen LogP contribution in [0.5, 0.6) is 0 Å². The van der Waals surface area contributed by atoms with Gasteiger partial charge in [-0.2, -0.15) is 0 Å². The van der Waals surface area contributed by atoms with Crippen molar-refractivity contribution in [1.29, 1.82) is 0 Å². The Morgan fingerprint density at radius 2 is 1.78 bits per heavy atom. The highest BCUT2D eigenvalue weighted by Gasteiger charge is 2.22. The molecule has 104 valence electrons. The number of hydrogen-bond donors (Lipinski definition) is 1. The second kappa shape index (κ2) is 7.00. The van der Waals surface area contributed by atoms with Crippen LogP contribution in [-0.2, 0) is 9.63 Å². The molecule has 6 nitrogen and oxygen atoms in total. The number of rotatable bonds is 5. The summed E-state index contributed by atoms with van der Waals surface area (Å²) < 4.78 is 0. The Hall–Kier alpha value is -1.56. The van der Waals surface area contributed by atoms with E-state index in [0.29, 0.717) is 5.57 Å². The Bertz CT molecular complexity index is 339. The molecule has 0 aliphatic carbocycles. The van der Waals surface area contributed by atoms with Gasteiger partial charge in [-0.25, -0.2) is 9.86 Å². The van der Waals surface area contributed by atoms with Crippen molar-refractivity contribution in [3.05, 3.63) is 11.6 Å². The summed E-state index contributed by atoms with van der Waals surface area (Å²) in [5.41, 5.74) is 0.450. The lowest BCUT2D eigenvalue weighted by Gasteiger charge is -2.27. The van der Waals surface area contributed by atoms with E-state index in [9.17, 15) is 9.59 Å². The average Bonchev–Trinajstić information content (AvgIpc) is 2.32. The van der Waals surface area contributed by atoms with Gasteiger partial charge in [-0.05, 0) is 12.8 Å². The van der Waals surface area contributed by atoms with Crippen LogP contribution in [0.15, 0.2) is 11.6 Å². The van der Waals surface area contributed by atoms with Gasteiger partial charge < -0.3 is 10.0 Å². The maximum atomic E-state index is 11.8. The summed E-state index contributed by atoms with van der Waals surface area (Å²) in [4.78, 5) is 28.7. The van der Waals surface area contributed by atoms with Gasteiger partial charge in [-0.1, -0.05) is 19.9 Å². The molecule has 0 rings (SSSR count). The van der Waals surface area contributed by atoms with E-state index in [-0.39, 0.29) is 17.9 Å². The van der Waals surface area contributed by atoms with Gasteiger partial charge >= 0.3 is 6.09 Å². The van der Waals surface area contributed by atoms with Crippen LogP contribution in [-0.4, -0.2) is 54.3 Å². The molecule has 0 aliphatic rings. The number of hydrogen-bond acceptors (Lipinski definition) is 3. The molecule has 0 spiro atoms. The number of likely N-dealkylation sites (N-methyl/N-ethyl adjacent to an activating group) is 2. The molecule has 0 radical (unpaired) electrons. The molecule has 6 heteroatoms. The quantitative estimate of drug-likeness (QED) is 0.600. The zero-order chi connectivity index (χ0) is 14.5. The molecule has 0 fully saturated rings. The second-order valence-corrected chi connectivity index (χ2v) is 4.46. The van der Waals surface area contributed by atoms with Crippen LogP contribution in [0.1, 0.15) is 20.8 Å². The lowest BCUT2D eigenvalue weighted by Crippen LogP contribution is -2.39. The monoisotopic (exact) mass is 258 g/mol. The number of hydroxylamine groups is 2. The molecule has 0 aromatic carbocycles. The number of carboxylic acid groups (broad SMARTS) is 1. The summed E-state index contributed by atoms with van der Waals surface area (Å²) in [6, 6.07) is -0.350. The number of carbonyl (C=O) groups excluding carboxylic acids is 1. The molecule has 0 heterocycles. The van der Waals surface area contributed by atoms with Crippen molar-refractivity contribution >= 4 is 12.0 Å². The summed E-state index contributed by atoms with van der Waals surface area (Å²) in [7, 11) is 4.39. The van der Waals surface area contributed by atoms with E-state index >= 15 is 0 Å². The normalized spacial score (nSPS) is 13.4. The Kier molecular flexibility index (Phi) is 6.40. The van der Waals surface area contributed by atoms with Gasteiger partial charge in [0.1, 0.15) is 0 Å². The van der Waals surface area contributed by atoms with Crippen LogP contribution in [0.3, 0.4) is 0 Å². The van der Waals surface area contributed by atoms with Crippen LogP contribution < -0.4 is 0 Å². The van der Waals surface area contributed by atoms with Gasteiger partial charge in [0, 0.05) is 19.7 Å². The summed E-state index contributed by atoms with van der Waals surface area (Å²) >= 11 is 0. The third-order valence-corrected chi connectivity index (χ3v) is 2.75. The molecular weight excluding hydrogens is 236 g/mol. The Morgan fingerprint density at radius 3 is 2.11 bits per heavy atom. The maximum absolute atomic E-state index is 11.8. The fourth-order valence-electron chi connectivity index (χ4n) is 1.54. The Balaban J connectivity index is 5.07. The molecule has 0 unspecified atom stereocenters. The van der Waals surface area contributed by atoms with Crippen LogP contribution in [0, 0.1) is 5.92 Å². The van der Waals surface area contributed by atoms with Crippen LogP contribution >= 0.6 is 0 Å². The van der Waals surface area contributed by atoms with E-state index in [0.717, 1.165) is 5.06 Å². The zero-order valence-electron chi connectivity index (χ0n) is 11.8. The highest BCUT2D eigenvalue weighted by atomic mass is 16.7. The zero-order valence-corrected chi connectivity index (χ0v) is 11.8. The molecule has 1 atom stereocenters. The molecule has 0 saturated carbocycles. The summed E-state index contributed by atoms with van der Waals surface area (Å²) in [6.45, 7) is 5.44. The van der Waals surface area contributed by atoms with Gasteiger partial charge in [-0.3, -0.25) is 9.63 Å². The van der Waals surface area contributed by atoms with E-state index in [1.165, 1.54) is 26.1 Å². The first-order valence-electron chi connectivity index (χ1n) is 5.68. The maximum Gasteiger partial charge on any atom is 0.407 e. The molecule has 0 bridgehead atoms. The highest BCUT2D eigenvalue weighted by molar-refractivity contribution is 5.92. The van der Waals surface area contributed by atoms with Gasteiger partial charge in [0.15, 0.2) is 0 Å². The lowest BCUT2D eigenvalue weighted by molar-refractivity contribution is -0.163. The van der Waals surface area contributed by atoms with Crippen molar-refractivity contribution in [2.45, 2.75) is 26.8 Å². The molecule has 0 aliphatic heterocycles. The van der Waals surface area contributed by atoms with Gasteiger partial charge in [0.05, 0.1) is 13.2 Å². The topological polar surface area (TPSA) is 70.1 Å². The fraction of sp³-hybridized carbons (Fsp3) is 0.667. The minimum Gasteiger partial charge on any atom is -0.465 e. The smallest absolute Gasteiger partial charge is 0.407 e. The number of amides is 2. The molecule has 0 aromatic heterocycles. The van der Waals surface area contributed by atoms with Crippen LogP contribution in [0.2, 0.25) is 0 Å². The van der Waals surface area contributed by atoms with Gasteiger partial charge in [0.2, 0.25) is 0 Å². The van der Waals surface area contributed by atoms with Crippen LogP contribution in [0.25, 0.3) is 0 Å². The lowest BCUT2D eigenvalue weighted by atomic mass is 10.0. The average molecular weight is 258 g/mol. The molecule has 2 amide bonds. The predicted molar refractivity (Wildman–Crippen MR) is 67.9 cm³/mol. The van der Waals surface area contributed by atoms with Crippen molar-refractivity contribution < 1.29 is 19.5 Å². The highest BCUT2D eigenvalue weighted by Crippen LogP contribution is 2.14. The summed E-state index contributed by atoms with van der Waals surface area (Å²) in [5.74, 6) is -0.219. The SMILES string of the molecule is CON(C)C(=O)/C(C)=C/[C@H](C(C)C)N(C)C(=O)O. The van der Waals surface area contributed by atoms with Crippen molar-refractivity contribution in [3.8, 4) is 0 Å². The van der Waals surface area contributed by atoms with Crippen molar-refractivity contribution in [2.75, 3.05) is 21.2 Å². The number of carbonyl (C=O) groups is 2. The Labute approximate surface area is 108 Å². The minimum atomic E-state index is -1.02. The van der Waals surface area contributed by atoms with Crippen molar-refractivity contribution in [1.82, 2.24) is 9.96 Å². The standard InChI is InChI=1S/C12H22N2O4/c1-8(2)10(13(4)12(16)17)7-9(3)11(15)14(5)18-6/h7-8,10H,1-6H3,(H,16,17)/b9-7+/t10-/m1/s1. The molecule has 1 N–H and O–H groups in total. The summed E-state index contributed by atoms with van der Waals surface area (Å²) in [6.07, 6.45) is 0.627. The van der Waals surface area contributed by atoms with E-state index in [2.05, 4.69) is 0 Å². The molecular formula is C12H22N2O4. The third-order valence-electron chi connectivity index (χ3n) is 2.75. The van der Waals surface area contributed by atoms with Crippen LogP contribution in [0.4, 0.5) is 4.79 Å². The number of nitrogens with zero attached hydrogens (tertiary/aromatic N) is 2. The first-order valence-corrected chi connectivity index (χ1v) is 5.68. The third kappa shape index (κ3) is 4.37. The Morgan fingerprint density at radius 1 is 1.28 bits per heavy atom. The summed E-state index contributed by atoms with van der Waals surface area (Å²) in [5, 5.41) is 10.1. The molecule has 0 saturated heterocycles. The predicted octanol–water partition coefficient (Wildman–Crippen LogP) is 1.59. The van der Waals surface area contributed by atoms with E-state index in [1.54, 1.807) is 13.0 Å². The molecule has 0 aromatic rings. The van der Waals surface area contributed by atoms with Gasteiger partial charge in [0.25, 0.3) is 5.91 Å². The largest absolute Gasteiger partial charge is 0.465 e. The molecule has 18 heavy (non-hydrogen) atoms. The first kappa shape index (κ1) is 16.4. The second-order valence-electron chi connectivity index (χ2n) is 4.46. The fourth-order valence-corrected chi connectivity index (χ4v) is 1.54. The first-order chi connectivity index (χ1) is 8.22. The van der Waals surface area contributed by atoms with E-state index < -0.39 is 6.09 Å². The van der Waals surface area contributed by atoms with E-state index in [4.69, 9.17) is 9.94 Å².